The maximum Gasteiger partial charge on any atom is 0.228 e. The van der Waals surface area contributed by atoms with Crippen molar-refractivity contribution in [2.45, 2.75) is 13.3 Å². The van der Waals surface area contributed by atoms with Gasteiger partial charge in [0.25, 0.3) is 0 Å². The van der Waals surface area contributed by atoms with Gasteiger partial charge in [0.2, 0.25) is 5.91 Å². The number of amides is 1. The molecule has 5 nitrogen and oxygen atoms in total. The maximum atomic E-state index is 13.6. The van der Waals surface area contributed by atoms with E-state index < -0.39 is 5.82 Å². The average Bonchev–Trinajstić information content (AvgIpc) is 3.00. The fourth-order valence-corrected chi connectivity index (χ4v) is 3.04. The fourth-order valence-electron chi connectivity index (χ4n) is 3.04. The van der Waals surface area contributed by atoms with Crippen molar-refractivity contribution in [3.8, 4) is 5.69 Å². The number of anilines is 1. The van der Waals surface area contributed by atoms with E-state index in [0.717, 1.165) is 28.2 Å². The lowest BCUT2D eigenvalue weighted by Crippen LogP contribution is -2.15. The van der Waals surface area contributed by atoms with Gasteiger partial charge in [0.1, 0.15) is 17.2 Å². The minimum Gasteiger partial charge on any atom is -0.323 e. The molecule has 2 aromatic carbocycles. The zero-order valence-corrected chi connectivity index (χ0v) is 14.7. The third-order valence-corrected chi connectivity index (χ3v) is 4.29. The Morgan fingerprint density at radius 1 is 1.07 bits per heavy atom. The lowest BCUT2D eigenvalue weighted by molar-refractivity contribution is -0.115. The van der Waals surface area contributed by atoms with Crippen molar-refractivity contribution < 1.29 is 9.18 Å². The molecule has 27 heavy (non-hydrogen) atoms. The number of fused-ring (bicyclic) bond motifs is 1. The molecule has 0 atom stereocenters. The number of aryl methyl sites for hydroxylation is 1. The molecule has 134 valence electrons. The van der Waals surface area contributed by atoms with Crippen LogP contribution in [0.4, 0.5) is 10.1 Å². The number of rotatable bonds is 4. The number of benzene rings is 2. The van der Waals surface area contributed by atoms with Gasteiger partial charge in [-0.05, 0) is 48.9 Å². The highest BCUT2D eigenvalue weighted by molar-refractivity contribution is 5.92. The number of pyridine rings is 1. The van der Waals surface area contributed by atoms with E-state index in [1.165, 1.54) is 12.1 Å². The van der Waals surface area contributed by atoms with E-state index in [4.69, 9.17) is 0 Å². The summed E-state index contributed by atoms with van der Waals surface area (Å²) in [5.74, 6) is 0.128. The summed E-state index contributed by atoms with van der Waals surface area (Å²) in [5.41, 5.74) is 3.57. The van der Waals surface area contributed by atoms with E-state index >= 15 is 0 Å². The van der Waals surface area contributed by atoms with Gasteiger partial charge in [-0.3, -0.25) is 9.36 Å². The first kappa shape index (κ1) is 16.9. The zero-order chi connectivity index (χ0) is 18.8. The number of carbonyl (C=O) groups is 1. The van der Waals surface area contributed by atoms with Crippen molar-refractivity contribution in [1.82, 2.24) is 14.5 Å². The quantitative estimate of drug-likeness (QED) is 0.597. The van der Waals surface area contributed by atoms with Crippen molar-refractivity contribution in [1.29, 1.82) is 0 Å². The predicted octanol–water partition coefficient (Wildman–Crippen LogP) is 4.05. The summed E-state index contributed by atoms with van der Waals surface area (Å²) in [6.45, 7) is 1.93. The Labute approximate surface area is 155 Å². The van der Waals surface area contributed by atoms with Crippen LogP contribution < -0.4 is 5.32 Å². The van der Waals surface area contributed by atoms with Crippen LogP contribution in [0, 0.1) is 12.7 Å². The summed E-state index contributed by atoms with van der Waals surface area (Å²) >= 11 is 0. The minimum absolute atomic E-state index is 0.163. The molecule has 4 aromatic rings. The molecule has 0 unspecified atom stereocenters. The van der Waals surface area contributed by atoms with E-state index in [1.54, 1.807) is 18.3 Å². The number of imidazole rings is 1. The molecule has 4 rings (SSSR count). The van der Waals surface area contributed by atoms with Crippen LogP contribution in [-0.2, 0) is 11.2 Å². The SMILES string of the molecule is Cc1nc2cccnc2n1-c1ccc(CC(=O)Nc2ccccc2F)cc1. The fraction of sp³-hybridized carbons (Fsp3) is 0.0952. The molecule has 0 bridgehead atoms. The Morgan fingerprint density at radius 3 is 2.63 bits per heavy atom. The topological polar surface area (TPSA) is 59.8 Å². The Kier molecular flexibility index (Phi) is 4.38. The van der Waals surface area contributed by atoms with Gasteiger partial charge in [-0.15, -0.1) is 0 Å². The van der Waals surface area contributed by atoms with Crippen molar-refractivity contribution in [2.24, 2.45) is 0 Å². The van der Waals surface area contributed by atoms with Crippen LogP contribution in [0.1, 0.15) is 11.4 Å². The van der Waals surface area contributed by atoms with Crippen molar-refractivity contribution in [3.05, 3.63) is 84.1 Å². The molecule has 0 saturated heterocycles. The second-order valence-electron chi connectivity index (χ2n) is 6.21. The van der Waals surface area contributed by atoms with Crippen LogP contribution in [0.15, 0.2) is 66.9 Å². The summed E-state index contributed by atoms with van der Waals surface area (Å²) in [7, 11) is 0. The molecule has 0 radical (unpaired) electrons. The number of aromatic nitrogens is 3. The van der Waals surface area contributed by atoms with Gasteiger partial charge in [-0.1, -0.05) is 24.3 Å². The first-order chi connectivity index (χ1) is 13.1. The molecule has 1 N–H and O–H groups in total. The van der Waals surface area contributed by atoms with Gasteiger partial charge in [0.05, 0.1) is 12.1 Å². The van der Waals surface area contributed by atoms with E-state index in [0.29, 0.717) is 0 Å². The monoisotopic (exact) mass is 360 g/mol. The molecular weight excluding hydrogens is 343 g/mol. The van der Waals surface area contributed by atoms with Crippen molar-refractivity contribution in [2.75, 3.05) is 5.32 Å². The molecule has 1 amide bonds. The largest absolute Gasteiger partial charge is 0.323 e. The summed E-state index contributed by atoms with van der Waals surface area (Å²) in [6, 6.07) is 17.5. The van der Waals surface area contributed by atoms with Gasteiger partial charge < -0.3 is 5.32 Å². The third kappa shape index (κ3) is 3.42. The summed E-state index contributed by atoms with van der Waals surface area (Å²) < 4.78 is 15.6. The first-order valence-corrected chi connectivity index (χ1v) is 8.55. The molecule has 0 saturated carbocycles. The number of hydrogen-bond donors (Lipinski definition) is 1. The van der Waals surface area contributed by atoms with Crippen LogP contribution in [0.3, 0.4) is 0 Å². The second kappa shape index (κ2) is 6.99. The van der Waals surface area contributed by atoms with Crippen molar-refractivity contribution >= 4 is 22.8 Å². The summed E-state index contributed by atoms with van der Waals surface area (Å²) in [5, 5.41) is 2.60. The molecule has 0 aliphatic carbocycles. The molecule has 2 heterocycles. The molecule has 6 heteroatoms. The molecule has 0 spiro atoms. The number of hydrogen-bond acceptors (Lipinski definition) is 3. The van der Waals surface area contributed by atoms with Crippen LogP contribution in [-0.4, -0.2) is 20.4 Å². The second-order valence-corrected chi connectivity index (χ2v) is 6.21. The smallest absolute Gasteiger partial charge is 0.228 e. The van der Waals surface area contributed by atoms with E-state index in [9.17, 15) is 9.18 Å². The Morgan fingerprint density at radius 2 is 1.85 bits per heavy atom. The number of para-hydroxylation sites is 1. The Hall–Kier alpha value is -3.54. The highest BCUT2D eigenvalue weighted by atomic mass is 19.1. The minimum atomic E-state index is -0.448. The van der Waals surface area contributed by atoms with E-state index in [-0.39, 0.29) is 18.0 Å². The molecule has 0 aliphatic rings. The average molecular weight is 360 g/mol. The van der Waals surface area contributed by atoms with Gasteiger partial charge >= 0.3 is 0 Å². The van der Waals surface area contributed by atoms with Gasteiger partial charge in [0.15, 0.2) is 5.65 Å². The zero-order valence-electron chi connectivity index (χ0n) is 14.7. The van der Waals surface area contributed by atoms with Crippen LogP contribution in [0.2, 0.25) is 0 Å². The lowest BCUT2D eigenvalue weighted by Gasteiger charge is -2.09. The summed E-state index contributed by atoms with van der Waals surface area (Å²) in [6.07, 6.45) is 1.90. The van der Waals surface area contributed by atoms with Crippen LogP contribution in [0.25, 0.3) is 16.9 Å². The van der Waals surface area contributed by atoms with E-state index in [1.807, 2.05) is 47.9 Å². The summed E-state index contributed by atoms with van der Waals surface area (Å²) in [4.78, 5) is 21.1. The highest BCUT2D eigenvalue weighted by Crippen LogP contribution is 2.20. The number of carbonyl (C=O) groups excluding carboxylic acids is 1. The number of nitrogens with zero attached hydrogens (tertiary/aromatic N) is 3. The van der Waals surface area contributed by atoms with Gasteiger partial charge in [0, 0.05) is 11.9 Å². The molecular formula is C21H17FN4O. The maximum absolute atomic E-state index is 13.6. The predicted molar refractivity (Wildman–Crippen MR) is 102 cm³/mol. The first-order valence-electron chi connectivity index (χ1n) is 8.55. The standard InChI is InChI=1S/C21H17FN4O/c1-14-24-19-7-4-12-23-21(19)26(14)16-10-8-15(9-11-16)13-20(27)25-18-6-3-2-5-17(18)22/h2-12H,13H2,1H3,(H,25,27). The number of halogens is 1. The molecule has 0 fully saturated rings. The van der Waals surface area contributed by atoms with E-state index in [2.05, 4.69) is 15.3 Å². The Balaban J connectivity index is 1.53. The lowest BCUT2D eigenvalue weighted by atomic mass is 10.1. The van der Waals surface area contributed by atoms with Crippen LogP contribution >= 0.6 is 0 Å². The molecule has 2 aromatic heterocycles. The van der Waals surface area contributed by atoms with Gasteiger partial charge in [-0.2, -0.15) is 0 Å². The highest BCUT2D eigenvalue weighted by Gasteiger charge is 2.11. The van der Waals surface area contributed by atoms with Gasteiger partial charge in [-0.25, -0.2) is 14.4 Å². The van der Waals surface area contributed by atoms with Crippen molar-refractivity contribution in [3.63, 3.8) is 0 Å². The van der Waals surface area contributed by atoms with Crippen LogP contribution in [0.5, 0.6) is 0 Å². The Bertz CT molecular complexity index is 1120. The normalized spacial score (nSPS) is 10.9. The number of nitrogens with one attached hydrogen (secondary N) is 1. The molecule has 0 aliphatic heterocycles. The third-order valence-electron chi connectivity index (χ3n) is 4.29.